The zero-order valence-electron chi connectivity index (χ0n) is 14.5. The van der Waals surface area contributed by atoms with Gasteiger partial charge in [0.25, 0.3) is 0 Å². The molecule has 0 spiro atoms. The van der Waals surface area contributed by atoms with Gasteiger partial charge in [0.2, 0.25) is 0 Å². The highest BCUT2D eigenvalue weighted by molar-refractivity contribution is 5.61. The van der Waals surface area contributed by atoms with Gasteiger partial charge >= 0.3 is 0 Å². The van der Waals surface area contributed by atoms with Gasteiger partial charge in [-0.3, -0.25) is 0 Å². The second-order valence-corrected chi connectivity index (χ2v) is 6.66. The molecule has 0 aliphatic carbocycles. The Morgan fingerprint density at radius 1 is 0.962 bits per heavy atom. The fourth-order valence-electron chi connectivity index (χ4n) is 3.54. The van der Waals surface area contributed by atoms with Gasteiger partial charge in [0, 0.05) is 18.0 Å². The summed E-state index contributed by atoms with van der Waals surface area (Å²) < 4.78 is 28.1. The van der Waals surface area contributed by atoms with Crippen molar-refractivity contribution in [2.75, 3.05) is 6.54 Å². The van der Waals surface area contributed by atoms with Crippen molar-refractivity contribution in [3.8, 4) is 11.3 Å². The van der Waals surface area contributed by atoms with Crippen LogP contribution in [-0.2, 0) is 6.54 Å². The number of halogens is 2. The second-order valence-electron chi connectivity index (χ2n) is 6.66. The van der Waals surface area contributed by atoms with Gasteiger partial charge in [-0.2, -0.15) is 10.2 Å². The molecule has 1 N–H and O–H groups in total. The van der Waals surface area contributed by atoms with Crippen LogP contribution in [0.1, 0.15) is 34.7 Å². The lowest BCUT2D eigenvalue weighted by atomic mass is 9.85. The fourth-order valence-corrected chi connectivity index (χ4v) is 3.54. The van der Waals surface area contributed by atoms with Gasteiger partial charge in [-0.25, -0.2) is 8.78 Å². The van der Waals surface area contributed by atoms with Crippen molar-refractivity contribution >= 4 is 0 Å². The van der Waals surface area contributed by atoms with Gasteiger partial charge in [-0.1, -0.05) is 12.1 Å². The van der Waals surface area contributed by atoms with Crippen LogP contribution in [0.25, 0.3) is 11.3 Å². The quantitative estimate of drug-likeness (QED) is 0.746. The highest BCUT2D eigenvalue weighted by Crippen LogP contribution is 2.35. The van der Waals surface area contributed by atoms with E-state index in [2.05, 4.69) is 21.6 Å². The molecule has 0 saturated carbocycles. The Bertz CT molecular complexity index is 938. The molecule has 0 radical (unpaired) electrons. The molecule has 26 heavy (non-hydrogen) atoms. The molecule has 1 aliphatic heterocycles. The summed E-state index contributed by atoms with van der Waals surface area (Å²) in [5.41, 5.74) is 5.17. The van der Waals surface area contributed by atoms with Crippen molar-refractivity contribution < 1.29 is 8.78 Å². The summed E-state index contributed by atoms with van der Waals surface area (Å²) in [6, 6.07) is 13.6. The van der Waals surface area contributed by atoms with E-state index >= 15 is 0 Å². The van der Waals surface area contributed by atoms with Gasteiger partial charge in [0.1, 0.15) is 11.6 Å². The number of aryl methyl sites for hydroxylation is 1. The summed E-state index contributed by atoms with van der Waals surface area (Å²) in [5, 5.41) is 11.7. The van der Waals surface area contributed by atoms with E-state index in [9.17, 15) is 8.78 Å². The summed E-state index contributed by atoms with van der Waals surface area (Å²) in [6.07, 6.45) is 0.719. The van der Waals surface area contributed by atoms with Crippen LogP contribution in [0.2, 0.25) is 0 Å². The van der Waals surface area contributed by atoms with Crippen molar-refractivity contribution in [1.82, 2.24) is 15.5 Å². The number of aromatic nitrogens is 2. The molecular weight excluding hydrogens is 332 g/mol. The van der Waals surface area contributed by atoms with Crippen LogP contribution >= 0.6 is 0 Å². The minimum Gasteiger partial charge on any atom is -0.313 e. The van der Waals surface area contributed by atoms with Gasteiger partial charge in [-0.15, -0.1) is 0 Å². The first-order valence-electron chi connectivity index (χ1n) is 8.71. The first-order chi connectivity index (χ1) is 12.6. The van der Waals surface area contributed by atoms with E-state index in [1.54, 1.807) is 0 Å². The van der Waals surface area contributed by atoms with Crippen LogP contribution in [-0.4, -0.2) is 16.7 Å². The van der Waals surface area contributed by atoms with Crippen LogP contribution in [0.3, 0.4) is 0 Å². The molecule has 2 heterocycles. The molecule has 1 aromatic heterocycles. The minimum atomic E-state index is -0.410. The molecule has 4 rings (SSSR count). The van der Waals surface area contributed by atoms with E-state index in [4.69, 9.17) is 0 Å². The van der Waals surface area contributed by atoms with Crippen LogP contribution in [0, 0.1) is 18.6 Å². The maximum absolute atomic E-state index is 14.4. The molecule has 0 bridgehead atoms. The second kappa shape index (κ2) is 6.92. The molecule has 0 amide bonds. The van der Waals surface area contributed by atoms with Crippen LogP contribution in [0.4, 0.5) is 8.78 Å². The summed E-state index contributed by atoms with van der Waals surface area (Å²) in [4.78, 5) is 0. The first kappa shape index (κ1) is 16.8. The van der Waals surface area contributed by atoms with Crippen molar-refractivity contribution in [2.45, 2.75) is 25.8 Å². The molecule has 3 aromatic rings. The SMILES string of the molecule is Cc1ccc(-c2ccc3c(c2)CNCCC3c2cc(F)ccc2F)nn1. The number of fused-ring (bicyclic) bond motifs is 1. The number of rotatable bonds is 2. The zero-order valence-corrected chi connectivity index (χ0v) is 14.5. The lowest BCUT2D eigenvalue weighted by Crippen LogP contribution is -2.13. The predicted molar refractivity (Wildman–Crippen MR) is 96.7 cm³/mol. The molecular formula is C21H19F2N3. The summed E-state index contributed by atoms with van der Waals surface area (Å²) >= 11 is 0. The van der Waals surface area contributed by atoms with Crippen molar-refractivity contribution in [2.24, 2.45) is 0 Å². The van der Waals surface area contributed by atoms with E-state index in [0.717, 1.165) is 47.1 Å². The fraction of sp³-hybridized carbons (Fsp3) is 0.238. The van der Waals surface area contributed by atoms with E-state index in [1.165, 1.54) is 12.1 Å². The molecule has 0 saturated heterocycles. The Hall–Kier alpha value is -2.66. The Kier molecular flexibility index (Phi) is 4.47. The number of nitrogens with zero attached hydrogens (tertiary/aromatic N) is 2. The molecule has 5 heteroatoms. The maximum Gasteiger partial charge on any atom is 0.127 e. The third-order valence-corrected chi connectivity index (χ3v) is 4.87. The summed E-state index contributed by atoms with van der Waals surface area (Å²) in [6.45, 7) is 3.33. The molecule has 1 unspecified atom stereocenters. The molecule has 1 aliphatic rings. The van der Waals surface area contributed by atoms with E-state index in [-0.39, 0.29) is 11.7 Å². The largest absolute Gasteiger partial charge is 0.313 e. The van der Waals surface area contributed by atoms with Gasteiger partial charge in [-0.05, 0) is 73.0 Å². The third-order valence-electron chi connectivity index (χ3n) is 4.87. The topological polar surface area (TPSA) is 37.8 Å². The number of hydrogen-bond donors (Lipinski definition) is 1. The monoisotopic (exact) mass is 351 g/mol. The maximum atomic E-state index is 14.4. The van der Waals surface area contributed by atoms with Crippen LogP contribution < -0.4 is 5.32 Å². The van der Waals surface area contributed by atoms with E-state index < -0.39 is 5.82 Å². The summed E-state index contributed by atoms with van der Waals surface area (Å²) in [7, 11) is 0. The third kappa shape index (κ3) is 3.22. The number of hydrogen-bond acceptors (Lipinski definition) is 3. The lowest BCUT2D eigenvalue weighted by molar-refractivity contribution is 0.562. The molecule has 132 valence electrons. The molecule has 0 fully saturated rings. The Morgan fingerprint density at radius 2 is 1.85 bits per heavy atom. The Labute approximate surface area is 151 Å². The van der Waals surface area contributed by atoms with Gasteiger partial charge < -0.3 is 5.32 Å². The van der Waals surface area contributed by atoms with Crippen molar-refractivity contribution in [1.29, 1.82) is 0 Å². The van der Waals surface area contributed by atoms with Crippen LogP contribution in [0.5, 0.6) is 0 Å². The lowest BCUT2D eigenvalue weighted by Gasteiger charge is -2.19. The minimum absolute atomic E-state index is 0.172. The van der Waals surface area contributed by atoms with Crippen LogP contribution in [0.15, 0.2) is 48.5 Å². The number of nitrogens with one attached hydrogen (secondary N) is 1. The van der Waals surface area contributed by atoms with Crippen molar-refractivity contribution in [3.63, 3.8) is 0 Å². The number of benzene rings is 2. The van der Waals surface area contributed by atoms with Gasteiger partial charge in [0.15, 0.2) is 0 Å². The Morgan fingerprint density at radius 3 is 2.65 bits per heavy atom. The normalized spacial score (nSPS) is 16.8. The molecule has 1 atom stereocenters. The molecule has 3 nitrogen and oxygen atoms in total. The average molecular weight is 351 g/mol. The zero-order chi connectivity index (χ0) is 18.1. The smallest absolute Gasteiger partial charge is 0.127 e. The highest BCUT2D eigenvalue weighted by Gasteiger charge is 2.23. The van der Waals surface area contributed by atoms with Gasteiger partial charge in [0.05, 0.1) is 11.4 Å². The predicted octanol–water partition coefficient (Wildman–Crippen LogP) is 4.36. The molecule has 2 aromatic carbocycles. The van der Waals surface area contributed by atoms with Crippen molar-refractivity contribution in [3.05, 3.63) is 82.5 Å². The average Bonchev–Trinajstić information content (AvgIpc) is 2.86. The first-order valence-corrected chi connectivity index (χ1v) is 8.71. The van der Waals surface area contributed by atoms with E-state index in [1.807, 2.05) is 31.2 Å². The Balaban J connectivity index is 1.78. The standard InChI is InChI=1S/C21H19F2N3/c1-13-2-7-21(26-25-13)14-3-5-17-15(10-14)12-24-9-8-18(17)19-11-16(22)4-6-20(19)23/h2-7,10-11,18,24H,8-9,12H2,1H3. The van der Waals surface area contributed by atoms with E-state index in [0.29, 0.717) is 12.1 Å². The summed E-state index contributed by atoms with van der Waals surface area (Å²) in [5.74, 6) is -0.946. The highest BCUT2D eigenvalue weighted by atomic mass is 19.1.